The highest BCUT2D eigenvalue weighted by atomic mass is 16.5. The predicted molar refractivity (Wildman–Crippen MR) is 93.8 cm³/mol. The molecule has 0 saturated carbocycles. The molecule has 0 aliphatic carbocycles. The second-order valence-corrected chi connectivity index (χ2v) is 5.26. The zero-order chi connectivity index (χ0) is 17.1. The molecule has 0 heterocycles. The largest absolute Gasteiger partial charge is 0.497 e. The van der Waals surface area contributed by atoms with Crippen LogP contribution in [0.4, 0.5) is 0 Å². The van der Waals surface area contributed by atoms with E-state index in [9.17, 15) is 4.79 Å². The van der Waals surface area contributed by atoms with Crippen molar-refractivity contribution in [1.82, 2.24) is 0 Å². The lowest BCUT2D eigenvalue weighted by Gasteiger charge is -2.14. The third kappa shape index (κ3) is 2.67. The molecule has 3 rings (SSSR count). The van der Waals surface area contributed by atoms with Crippen LogP contribution in [0.2, 0.25) is 0 Å². The van der Waals surface area contributed by atoms with Crippen molar-refractivity contribution in [2.24, 2.45) is 0 Å². The van der Waals surface area contributed by atoms with Crippen molar-refractivity contribution in [3.63, 3.8) is 0 Å². The van der Waals surface area contributed by atoms with Gasteiger partial charge < -0.3 is 14.2 Å². The van der Waals surface area contributed by atoms with Gasteiger partial charge in [-0.15, -0.1) is 0 Å². The first kappa shape index (κ1) is 15.9. The number of carbonyl (C=O) groups excluding carboxylic acids is 1. The molecule has 0 bridgehead atoms. The van der Waals surface area contributed by atoms with Gasteiger partial charge in [-0.2, -0.15) is 0 Å². The molecule has 0 aromatic heterocycles. The number of benzene rings is 3. The number of carbonyl (C=O) groups is 1. The van der Waals surface area contributed by atoms with Crippen molar-refractivity contribution in [2.45, 2.75) is 0 Å². The number of fused-ring (bicyclic) bond motifs is 1. The van der Waals surface area contributed by atoms with Gasteiger partial charge in [0.2, 0.25) is 0 Å². The summed E-state index contributed by atoms with van der Waals surface area (Å²) in [6.45, 7) is 0. The van der Waals surface area contributed by atoms with E-state index in [4.69, 9.17) is 14.2 Å². The molecule has 0 radical (unpaired) electrons. The molecule has 3 aromatic carbocycles. The van der Waals surface area contributed by atoms with E-state index in [1.165, 1.54) is 7.11 Å². The third-order valence-electron chi connectivity index (χ3n) is 4.03. The fourth-order valence-electron chi connectivity index (χ4n) is 2.85. The van der Waals surface area contributed by atoms with Gasteiger partial charge in [0, 0.05) is 5.39 Å². The monoisotopic (exact) mass is 322 g/mol. The van der Waals surface area contributed by atoms with Crippen LogP contribution in [0.25, 0.3) is 21.9 Å². The van der Waals surface area contributed by atoms with Crippen molar-refractivity contribution in [3.8, 4) is 22.6 Å². The van der Waals surface area contributed by atoms with E-state index in [-0.39, 0.29) is 0 Å². The minimum absolute atomic E-state index is 0.399. The molecule has 0 spiro atoms. The zero-order valence-corrected chi connectivity index (χ0v) is 13.8. The lowest BCUT2D eigenvalue weighted by molar-refractivity contribution is 0.0601. The minimum Gasteiger partial charge on any atom is -0.497 e. The molecule has 0 aliphatic heterocycles. The smallest absolute Gasteiger partial charge is 0.338 e. The predicted octanol–water partition coefficient (Wildman–Crippen LogP) is 4.31. The Morgan fingerprint density at radius 3 is 2.17 bits per heavy atom. The summed E-state index contributed by atoms with van der Waals surface area (Å²) in [4.78, 5) is 12.2. The average molecular weight is 322 g/mol. The van der Waals surface area contributed by atoms with E-state index >= 15 is 0 Å². The van der Waals surface area contributed by atoms with Crippen LogP contribution in [0.5, 0.6) is 11.5 Å². The molecule has 122 valence electrons. The van der Waals surface area contributed by atoms with Gasteiger partial charge in [-0.05, 0) is 40.8 Å². The molecule has 0 atom stereocenters. The van der Waals surface area contributed by atoms with Crippen LogP contribution in [0.15, 0.2) is 54.6 Å². The maximum atomic E-state index is 12.2. The lowest BCUT2D eigenvalue weighted by atomic mass is 9.94. The molecular formula is C20H18O4. The number of ether oxygens (including phenoxy) is 3. The first-order chi connectivity index (χ1) is 11.7. The fourth-order valence-corrected chi connectivity index (χ4v) is 2.85. The maximum absolute atomic E-state index is 12.2. The summed E-state index contributed by atoms with van der Waals surface area (Å²) in [7, 11) is 4.59. The third-order valence-corrected chi connectivity index (χ3v) is 4.03. The molecule has 0 aliphatic rings. The topological polar surface area (TPSA) is 44.8 Å². The number of esters is 1. The molecule has 4 nitrogen and oxygen atoms in total. The lowest BCUT2D eigenvalue weighted by Crippen LogP contribution is -2.04. The average Bonchev–Trinajstić information content (AvgIpc) is 2.66. The quantitative estimate of drug-likeness (QED) is 0.671. The second kappa shape index (κ2) is 6.62. The Labute approximate surface area is 140 Å². The van der Waals surface area contributed by atoms with Gasteiger partial charge >= 0.3 is 5.97 Å². The first-order valence-electron chi connectivity index (χ1n) is 7.52. The highest BCUT2D eigenvalue weighted by molar-refractivity contribution is 6.06. The summed E-state index contributed by atoms with van der Waals surface area (Å²) in [5.74, 6) is 1.00. The summed E-state index contributed by atoms with van der Waals surface area (Å²) < 4.78 is 15.6. The van der Waals surface area contributed by atoms with Gasteiger partial charge in [-0.1, -0.05) is 30.3 Å². The van der Waals surface area contributed by atoms with E-state index in [1.807, 2.05) is 48.5 Å². The van der Waals surface area contributed by atoms with Crippen molar-refractivity contribution < 1.29 is 19.0 Å². The maximum Gasteiger partial charge on any atom is 0.338 e. The van der Waals surface area contributed by atoms with Crippen LogP contribution in [0.3, 0.4) is 0 Å². The van der Waals surface area contributed by atoms with Gasteiger partial charge in [0.25, 0.3) is 0 Å². The molecule has 0 amide bonds. The summed E-state index contributed by atoms with van der Waals surface area (Å²) in [6, 6.07) is 17.2. The van der Waals surface area contributed by atoms with Crippen molar-refractivity contribution in [3.05, 3.63) is 60.2 Å². The molecule has 0 fully saturated rings. The molecule has 3 aromatic rings. The standard InChI is InChI=1S/C20H18O4/c1-22-13-8-9-16(18(12-13)20(21)24-3)15-10-11-19(23-2)17-7-5-4-6-14(15)17/h4-12H,1-3H3. The molecule has 0 saturated heterocycles. The number of methoxy groups -OCH3 is 3. The van der Waals surface area contributed by atoms with Gasteiger partial charge in [0.05, 0.1) is 26.9 Å². The number of hydrogen-bond donors (Lipinski definition) is 0. The highest BCUT2D eigenvalue weighted by Gasteiger charge is 2.17. The van der Waals surface area contributed by atoms with Crippen LogP contribution in [0.1, 0.15) is 10.4 Å². The van der Waals surface area contributed by atoms with E-state index < -0.39 is 5.97 Å². The van der Waals surface area contributed by atoms with Crippen LogP contribution in [-0.2, 0) is 4.74 Å². The summed E-state index contributed by atoms with van der Waals surface area (Å²) in [5.41, 5.74) is 2.20. The molecular weight excluding hydrogens is 304 g/mol. The Kier molecular flexibility index (Phi) is 4.38. The normalized spacial score (nSPS) is 10.5. The molecule has 0 unspecified atom stereocenters. The second-order valence-electron chi connectivity index (χ2n) is 5.26. The molecule has 0 N–H and O–H groups in total. The fraction of sp³-hybridized carbons (Fsp3) is 0.150. The Balaban J connectivity index is 2.30. The van der Waals surface area contributed by atoms with Crippen molar-refractivity contribution >= 4 is 16.7 Å². The van der Waals surface area contributed by atoms with E-state index in [0.29, 0.717) is 11.3 Å². The molecule has 4 heteroatoms. The van der Waals surface area contributed by atoms with Gasteiger partial charge in [0.1, 0.15) is 11.5 Å². The van der Waals surface area contributed by atoms with Gasteiger partial charge in [0.15, 0.2) is 0 Å². The highest BCUT2D eigenvalue weighted by Crippen LogP contribution is 2.37. The summed E-state index contributed by atoms with van der Waals surface area (Å²) in [6.07, 6.45) is 0. The number of hydrogen-bond acceptors (Lipinski definition) is 4. The van der Waals surface area contributed by atoms with Crippen molar-refractivity contribution in [2.75, 3.05) is 21.3 Å². The number of rotatable bonds is 4. The van der Waals surface area contributed by atoms with Crippen LogP contribution in [-0.4, -0.2) is 27.3 Å². The first-order valence-corrected chi connectivity index (χ1v) is 7.52. The van der Waals surface area contributed by atoms with Gasteiger partial charge in [-0.25, -0.2) is 4.79 Å². The zero-order valence-electron chi connectivity index (χ0n) is 13.8. The van der Waals surface area contributed by atoms with Gasteiger partial charge in [-0.3, -0.25) is 0 Å². The minimum atomic E-state index is -0.399. The van der Waals surface area contributed by atoms with Crippen LogP contribution < -0.4 is 9.47 Å². The molecule has 24 heavy (non-hydrogen) atoms. The Morgan fingerprint density at radius 2 is 1.50 bits per heavy atom. The van der Waals surface area contributed by atoms with Crippen LogP contribution in [0, 0.1) is 0 Å². The van der Waals surface area contributed by atoms with E-state index in [2.05, 4.69) is 0 Å². The van der Waals surface area contributed by atoms with E-state index in [1.54, 1.807) is 20.3 Å². The Bertz CT molecular complexity index is 899. The SMILES string of the molecule is COC(=O)c1cc(OC)ccc1-c1ccc(OC)c2ccccc12. The van der Waals surface area contributed by atoms with Crippen LogP contribution >= 0.6 is 0 Å². The van der Waals surface area contributed by atoms with E-state index in [0.717, 1.165) is 27.6 Å². The van der Waals surface area contributed by atoms with Crippen molar-refractivity contribution in [1.29, 1.82) is 0 Å². The Hall–Kier alpha value is -3.01. The summed E-state index contributed by atoms with van der Waals surface area (Å²) in [5, 5.41) is 2.00. The summed E-state index contributed by atoms with van der Waals surface area (Å²) >= 11 is 0. The Morgan fingerprint density at radius 1 is 0.792 bits per heavy atom.